The van der Waals surface area contributed by atoms with Crippen LogP contribution in [-0.4, -0.2) is 83.1 Å². The molecule has 226 valence electrons. The number of carbonyl (C=O) groups excluding carboxylic acids is 2. The molecule has 2 amide bonds. The Hall–Kier alpha value is -4.10. The molecular formula is C31H35FN6O4S. The van der Waals surface area contributed by atoms with Crippen molar-refractivity contribution in [2.45, 2.75) is 6.54 Å². The molecule has 0 bridgehead atoms. The number of nitrogens with one attached hydrogen (secondary N) is 3. The number of piperazine rings is 1. The highest BCUT2D eigenvalue weighted by Gasteiger charge is 2.29. The van der Waals surface area contributed by atoms with Gasteiger partial charge in [-0.3, -0.25) is 14.5 Å². The Bertz CT molecular complexity index is 1650. The average molecular weight is 607 g/mol. The van der Waals surface area contributed by atoms with Gasteiger partial charge in [-0.25, -0.2) is 17.5 Å². The van der Waals surface area contributed by atoms with Crippen molar-refractivity contribution in [1.82, 2.24) is 14.5 Å². The molecular weight excluding hydrogens is 571 g/mol. The first-order valence-corrected chi connectivity index (χ1v) is 15.8. The standard InChI is InChI=1S/C31H35FN6O4S/c1-36-14-16-38(17-15-36)20-28(39)37(2)25-11-9-24(10-12-25)34-30(22-6-4-21(5-7-22)19-33-43(3,41)42)29-26-13-8-23(32)18-27(26)35-31(29)40/h4-13,18,33-34H,14-17,19-20H2,1-3H3,(H,35,40). The van der Waals surface area contributed by atoms with Crippen molar-refractivity contribution in [1.29, 1.82) is 0 Å². The van der Waals surface area contributed by atoms with Crippen molar-refractivity contribution in [2.24, 2.45) is 0 Å². The normalized spacial score (nSPS) is 16.9. The van der Waals surface area contributed by atoms with Crippen LogP contribution in [0.4, 0.5) is 21.5 Å². The smallest absolute Gasteiger partial charge is 0.258 e. The third kappa shape index (κ3) is 7.46. The minimum atomic E-state index is -3.36. The van der Waals surface area contributed by atoms with Crippen molar-refractivity contribution in [3.8, 4) is 0 Å². The van der Waals surface area contributed by atoms with Crippen LogP contribution in [0.25, 0.3) is 11.3 Å². The highest BCUT2D eigenvalue weighted by atomic mass is 32.2. The van der Waals surface area contributed by atoms with E-state index in [1.165, 1.54) is 12.1 Å². The highest BCUT2D eigenvalue weighted by Crippen LogP contribution is 2.38. The number of carbonyl (C=O) groups is 2. The fourth-order valence-corrected chi connectivity index (χ4v) is 5.46. The van der Waals surface area contributed by atoms with Crippen LogP contribution in [0, 0.1) is 5.82 Å². The second-order valence-electron chi connectivity index (χ2n) is 10.9. The lowest BCUT2D eigenvalue weighted by Gasteiger charge is -2.32. The van der Waals surface area contributed by atoms with Crippen molar-refractivity contribution in [3.63, 3.8) is 0 Å². The number of amides is 2. The summed E-state index contributed by atoms with van der Waals surface area (Å²) in [6.07, 6.45) is 1.10. The summed E-state index contributed by atoms with van der Waals surface area (Å²) in [5.41, 5.74) is 4.61. The Labute approximate surface area is 251 Å². The highest BCUT2D eigenvalue weighted by molar-refractivity contribution is 7.88. The molecule has 0 radical (unpaired) electrons. The fourth-order valence-electron chi connectivity index (χ4n) is 5.04. The zero-order valence-electron chi connectivity index (χ0n) is 24.4. The topological polar surface area (TPSA) is 114 Å². The molecule has 3 N–H and O–H groups in total. The number of nitrogens with zero attached hydrogens (tertiary/aromatic N) is 3. The second-order valence-corrected chi connectivity index (χ2v) is 12.7. The SMILES string of the molecule is CN1CCN(CC(=O)N(C)c2ccc(NC(=C3C(=O)Nc4cc(F)ccc43)c3ccc(CNS(C)(=O)=O)cc3)cc2)CC1. The zero-order valence-corrected chi connectivity index (χ0v) is 25.2. The van der Waals surface area contributed by atoms with Gasteiger partial charge >= 0.3 is 0 Å². The lowest BCUT2D eigenvalue weighted by Crippen LogP contribution is -2.48. The molecule has 0 aromatic heterocycles. The summed E-state index contributed by atoms with van der Waals surface area (Å²) >= 11 is 0. The third-order valence-corrected chi connectivity index (χ3v) is 8.28. The number of likely N-dealkylation sites (N-methyl/N-ethyl adjacent to an activating group) is 2. The molecule has 1 saturated heterocycles. The van der Waals surface area contributed by atoms with E-state index in [4.69, 9.17) is 0 Å². The predicted molar refractivity (Wildman–Crippen MR) is 167 cm³/mol. The Balaban J connectivity index is 1.40. The van der Waals surface area contributed by atoms with Crippen molar-refractivity contribution < 1.29 is 22.4 Å². The predicted octanol–water partition coefficient (Wildman–Crippen LogP) is 3.02. The minimum absolute atomic E-state index is 0.00462. The van der Waals surface area contributed by atoms with Gasteiger partial charge in [0, 0.05) is 56.7 Å². The van der Waals surface area contributed by atoms with Gasteiger partial charge < -0.3 is 20.4 Å². The molecule has 1 fully saturated rings. The molecule has 2 aliphatic rings. The number of rotatable bonds is 9. The van der Waals surface area contributed by atoms with Gasteiger partial charge in [-0.15, -0.1) is 0 Å². The maximum Gasteiger partial charge on any atom is 0.258 e. The fraction of sp³-hybridized carbons (Fsp3) is 0.290. The summed E-state index contributed by atoms with van der Waals surface area (Å²) < 4.78 is 39.4. The molecule has 3 aromatic rings. The largest absolute Gasteiger partial charge is 0.354 e. The van der Waals surface area contributed by atoms with Crippen LogP contribution in [0.3, 0.4) is 0 Å². The molecule has 2 heterocycles. The molecule has 0 aliphatic carbocycles. The van der Waals surface area contributed by atoms with E-state index < -0.39 is 15.8 Å². The van der Waals surface area contributed by atoms with Gasteiger partial charge in [0.25, 0.3) is 5.91 Å². The molecule has 0 spiro atoms. The maximum absolute atomic E-state index is 13.9. The molecule has 3 aromatic carbocycles. The molecule has 10 nitrogen and oxygen atoms in total. The van der Waals surface area contributed by atoms with Crippen LogP contribution in [0.2, 0.25) is 0 Å². The molecule has 0 unspecified atom stereocenters. The van der Waals surface area contributed by atoms with Crippen LogP contribution in [0.1, 0.15) is 16.7 Å². The lowest BCUT2D eigenvalue weighted by atomic mass is 9.99. The van der Waals surface area contributed by atoms with E-state index in [0.717, 1.165) is 43.7 Å². The Kier molecular flexibility index (Phi) is 8.92. The van der Waals surface area contributed by atoms with E-state index in [-0.39, 0.29) is 18.4 Å². The van der Waals surface area contributed by atoms with Gasteiger partial charge in [0.15, 0.2) is 0 Å². The summed E-state index contributed by atoms with van der Waals surface area (Å²) in [5, 5.41) is 6.10. The van der Waals surface area contributed by atoms with E-state index >= 15 is 0 Å². The first kappa shape index (κ1) is 30.4. The number of hydrogen-bond donors (Lipinski definition) is 3. The van der Waals surface area contributed by atoms with E-state index in [2.05, 4.69) is 32.2 Å². The zero-order chi connectivity index (χ0) is 30.7. The molecule has 2 aliphatic heterocycles. The van der Waals surface area contributed by atoms with Crippen LogP contribution < -0.4 is 20.3 Å². The monoisotopic (exact) mass is 606 g/mol. The van der Waals surface area contributed by atoms with Gasteiger partial charge in [0.2, 0.25) is 15.9 Å². The van der Waals surface area contributed by atoms with E-state index in [9.17, 15) is 22.4 Å². The number of halogens is 1. The summed E-state index contributed by atoms with van der Waals surface area (Å²) in [6.45, 7) is 4.07. The third-order valence-electron chi connectivity index (χ3n) is 7.61. The summed E-state index contributed by atoms with van der Waals surface area (Å²) in [7, 11) is 0.480. The van der Waals surface area contributed by atoms with Crippen molar-refractivity contribution in [3.05, 3.63) is 89.2 Å². The van der Waals surface area contributed by atoms with Crippen LogP contribution in [0.15, 0.2) is 66.7 Å². The minimum Gasteiger partial charge on any atom is -0.354 e. The van der Waals surface area contributed by atoms with Gasteiger partial charge in [0.05, 0.1) is 29.8 Å². The Morgan fingerprint density at radius 2 is 1.67 bits per heavy atom. The number of benzene rings is 3. The maximum atomic E-state index is 13.9. The molecule has 0 saturated carbocycles. The summed E-state index contributed by atoms with van der Waals surface area (Å²) in [4.78, 5) is 32.2. The lowest BCUT2D eigenvalue weighted by molar-refractivity contribution is -0.119. The average Bonchev–Trinajstić information content (AvgIpc) is 3.30. The number of fused-ring (bicyclic) bond motifs is 1. The molecule has 0 atom stereocenters. The molecule has 12 heteroatoms. The van der Waals surface area contributed by atoms with Crippen LogP contribution in [0.5, 0.6) is 0 Å². The van der Waals surface area contributed by atoms with E-state index in [0.29, 0.717) is 40.3 Å². The van der Waals surface area contributed by atoms with Crippen LogP contribution in [-0.2, 0) is 26.2 Å². The van der Waals surface area contributed by atoms with Gasteiger partial charge in [-0.1, -0.05) is 24.3 Å². The Morgan fingerprint density at radius 1 is 1.00 bits per heavy atom. The van der Waals surface area contributed by atoms with Gasteiger partial charge in [-0.2, -0.15) is 0 Å². The summed E-state index contributed by atoms with van der Waals surface area (Å²) in [6, 6.07) is 18.6. The van der Waals surface area contributed by atoms with Crippen LogP contribution >= 0.6 is 0 Å². The quantitative estimate of drug-likeness (QED) is 0.321. The van der Waals surface area contributed by atoms with Crippen molar-refractivity contribution >= 4 is 50.2 Å². The van der Waals surface area contributed by atoms with Crippen molar-refractivity contribution in [2.75, 3.05) is 68.6 Å². The first-order chi connectivity index (χ1) is 20.5. The summed E-state index contributed by atoms with van der Waals surface area (Å²) in [5.74, 6) is -0.832. The Morgan fingerprint density at radius 3 is 2.33 bits per heavy atom. The number of sulfonamides is 1. The van der Waals surface area contributed by atoms with Gasteiger partial charge in [0.1, 0.15) is 5.82 Å². The van der Waals surface area contributed by atoms with E-state index in [1.54, 1.807) is 42.3 Å². The number of anilines is 3. The molecule has 5 rings (SSSR count). The number of hydrogen-bond acceptors (Lipinski definition) is 7. The second kappa shape index (κ2) is 12.6. The van der Waals surface area contributed by atoms with E-state index in [1.807, 2.05) is 24.3 Å². The molecule has 43 heavy (non-hydrogen) atoms. The van der Waals surface area contributed by atoms with Gasteiger partial charge in [-0.05, 0) is 60.6 Å². The first-order valence-electron chi connectivity index (χ1n) is 13.9.